The van der Waals surface area contributed by atoms with E-state index >= 15 is 0 Å². The van der Waals surface area contributed by atoms with E-state index in [1.54, 1.807) is 0 Å². The van der Waals surface area contributed by atoms with Crippen molar-refractivity contribution >= 4 is 38.3 Å². The third-order valence-corrected chi connectivity index (χ3v) is 4.76. The molecule has 0 spiro atoms. The van der Waals surface area contributed by atoms with Crippen molar-refractivity contribution in [1.29, 1.82) is 0 Å². The normalized spacial score (nSPS) is 13.8. The zero-order chi connectivity index (χ0) is 15.6. The number of carbonyl (C=O) groups excluding carboxylic acids is 1. The molecule has 0 aliphatic heterocycles. The van der Waals surface area contributed by atoms with Crippen molar-refractivity contribution < 1.29 is 4.79 Å². The first-order valence-electron chi connectivity index (χ1n) is 6.68. The minimum atomic E-state index is -0.245. The zero-order valence-corrected chi connectivity index (χ0v) is 14.6. The number of carbonyl (C=O) groups is 1. The van der Waals surface area contributed by atoms with E-state index < -0.39 is 0 Å². The van der Waals surface area contributed by atoms with Gasteiger partial charge in [-0.1, -0.05) is 35.0 Å². The van der Waals surface area contributed by atoms with Crippen LogP contribution in [0.1, 0.15) is 18.7 Å². The Hall–Kier alpha value is -1.24. The van der Waals surface area contributed by atoms with Crippen molar-refractivity contribution in [2.45, 2.75) is 26.8 Å². The highest BCUT2D eigenvalue weighted by Crippen LogP contribution is 2.31. The molecule has 2 unspecified atom stereocenters. The van der Waals surface area contributed by atoms with Crippen molar-refractivity contribution in [1.82, 2.24) is 4.98 Å². The van der Waals surface area contributed by atoms with Crippen LogP contribution >= 0.6 is 27.3 Å². The number of aryl methyl sites for hydroxylation is 1. The molecule has 0 fully saturated rings. The van der Waals surface area contributed by atoms with Crippen LogP contribution in [0.5, 0.6) is 0 Å². The largest absolute Gasteiger partial charge is 0.327 e. The number of rotatable bonds is 4. The summed E-state index contributed by atoms with van der Waals surface area (Å²) >= 11 is 4.89. The van der Waals surface area contributed by atoms with E-state index in [1.807, 2.05) is 45.0 Å². The third-order valence-electron chi connectivity index (χ3n) is 3.35. The summed E-state index contributed by atoms with van der Waals surface area (Å²) in [5, 5.41) is 3.46. The molecule has 2 rings (SSSR count). The average Bonchev–Trinajstić information content (AvgIpc) is 2.79. The maximum absolute atomic E-state index is 12.0. The number of nitrogens with two attached hydrogens (primary N) is 1. The molecule has 1 amide bonds. The molecule has 0 radical (unpaired) electrons. The number of benzene rings is 1. The fraction of sp³-hybridized carbons (Fsp3) is 0.333. The lowest BCUT2D eigenvalue weighted by molar-refractivity contribution is -0.119. The van der Waals surface area contributed by atoms with Crippen molar-refractivity contribution in [2.24, 2.45) is 11.7 Å². The molecule has 0 saturated heterocycles. The van der Waals surface area contributed by atoms with Gasteiger partial charge in [0, 0.05) is 21.0 Å². The van der Waals surface area contributed by atoms with Crippen LogP contribution in [0.15, 0.2) is 28.7 Å². The van der Waals surface area contributed by atoms with E-state index in [0.29, 0.717) is 5.13 Å². The first kappa shape index (κ1) is 16.1. The van der Waals surface area contributed by atoms with Crippen molar-refractivity contribution in [3.05, 3.63) is 33.6 Å². The molecule has 21 heavy (non-hydrogen) atoms. The number of amides is 1. The molecule has 1 aromatic heterocycles. The highest BCUT2D eigenvalue weighted by atomic mass is 79.9. The maximum Gasteiger partial charge on any atom is 0.230 e. The van der Waals surface area contributed by atoms with Gasteiger partial charge in [-0.15, -0.1) is 11.3 Å². The molecule has 112 valence electrons. The van der Waals surface area contributed by atoms with E-state index in [-0.39, 0.29) is 17.9 Å². The van der Waals surface area contributed by atoms with Crippen LogP contribution in [-0.4, -0.2) is 16.9 Å². The Morgan fingerprint density at radius 1 is 1.33 bits per heavy atom. The van der Waals surface area contributed by atoms with E-state index in [0.717, 1.165) is 20.6 Å². The van der Waals surface area contributed by atoms with Crippen LogP contribution in [-0.2, 0) is 4.79 Å². The fourth-order valence-corrected chi connectivity index (χ4v) is 2.89. The summed E-state index contributed by atoms with van der Waals surface area (Å²) in [6.07, 6.45) is 0. The number of anilines is 1. The minimum absolute atomic E-state index is 0.0962. The Balaban J connectivity index is 2.20. The van der Waals surface area contributed by atoms with Crippen LogP contribution in [0.3, 0.4) is 0 Å². The summed E-state index contributed by atoms with van der Waals surface area (Å²) in [6, 6.07) is 7.77. The number of aromatic nitrogens is 1. The number of thiazole rings is 1. The summed E-state index contributed by atoms with van der Waals surface area (Å²) in [7, 11) is 0. The second-order valence-electron chi connectivity index (χ2n) is 5.07. The van der Waals surface area contributed by atoms with Gasteiger partial charge in [0.25, 0.3) is 0 Å². The molecular weight excluding hydrogens is 350 g/mol. The van der Waals surface area contributed by atoms with Gasteiger partial charge in [-0.2, -0.15) is 0 Å². The first-order valence-corrected chi connectivity index (χ1v) is 8.29. The van der Waals surface area contributed by atoms with Crippen LogP contribution in [0, 0.1) is 12.8 Å². The summed E-state index contributed by atoms with van der Waals surface area (Å²) in [5.74, 6) is -0.341. The monoisotopic (exact) mass is 367 g/mol. The Morgan fingerprint density at radius 2 is 1.95 bits per heavy atom. The molecule has 4 nitrogen and oxygen atoms in total. The number of hydrogen-bond acceptors (Lipinski definition) is 4. The predicted molar refractivity (Wildman–Crippen MR) is 91.4 cm³/mol. The van der Waals surface area contributed by atoms with Gasteiger partial charge in [-0.05, 0) is 26.0 Å². The molecule has 2 aromatic rings. The number of hydrogen-bond donors (Lipinski definition) is 2. The molecule has 2 atom stereocenters. The molecule has 1 aromatic carbocycles. The lowest BCUT2D eigenvalue weighted by Gasteiger charge is -2.13. The summed E-state index contributed by atoms with van der Waals surface area (Å²) < 4.78 is 1.03. The predicted octanol–water partition coefficient (Wildman–Crippen LogP) is 3.80. The Labute approximate surface area is 136 Å². The van der Waals surface area contributed by atoms with Gasteiger partial charge in [-0.25, -0.2) is 4.98 Å². The van der Waals surface area contributed by atoms with E-state index in [4.69, 9.17) is 5.73 Å². The highest BCUT2D eigenvalue weighted by Gasteiger charge is 2.19. The molecule has 1 heterocycles. The average molecular weight is 368 g/mol. The highest BCUT2D eigenvalue weighted by molar-refractivity contribution is 9.10. The number of halogens is 1. The van der Waals surface area contributed by atoms with Crippen molar-refractivity contribution in [3.8, 4) is 11.3 Å². The van der Waals surface area contributed by atoms with Gasteiger partial charge in [-0.3, -0.25) is 4.79 Å². The van der Waals surface area contributed by atoms with Gasteiger partial charge in [0.2, 0.25) is 5.91 Å². The molecular formula is C15H18BrN3OS. The van der Waals surface area contributed by atoms with Gasteiger partial charge < -0.3 is 11.1 Å². The second-order valence-corrected chi connectivity index (χ2v) is 7.19. The van der Waals surface area contributed by atoms with Crippen LogP contribution in [0.4, 0.5) is 5.13 Å². The molecule has 6 heteroatoms. The SMILES string of the molecule is Cc1sc(NC(=O)C(C)C(C)N)nc1-c1ccc(Br)cc1. The van der Waals surface area contributed by atoms with E-state index in [1.165, 1.54) is 11.3 Å². The van der Waals surface area contributed by atoms with Crippen LogP contribution in [0.2, 0.25) is 0 Å². The molecule has 0 aliphatic rings. The van der Waals surface area contributed by atoms with Crippen LogP contribution in [0.25, 0.3) is 11.3 Å². The number of nitrogens with one attached hydrogen (secondary N) is 1. The summed E-state index contributed by atoms with van der Waals surface area (Å²) in [4.78, 5) is 17.6. The third kappa shape index (κ3) is 3.90. The molecule has 0 aliphatic carbocycles. The summed E-state index contributed by atoms with van der Waals surface area (Å²) in [5.41, 5.74) is 7.68. The standard InChI is InChI=1S/C15H18BrN3OS/c1-8(9(2)17)14(20)19-15-18-13(10(3)21-15)11-4-6-12(16)7-5-11/h4-9H,17H2,1-3H3,(H,18,19,20). The molecule has 3 N–H and O–H groups in total. The van der Waals surface area contributed by atoms with Gasteiger partial charge in [0.1, 0.15) is 0 Å². The molecule has 0 bridgehead atoms. The maximum atomic E-state index is 12.0. The van der Waals surface area contributed by atoms with Crippen molar-refractivity contribution in [2.75, 3.05) is 5.32 Å². The minimum Gasteiger partial charge on any atom is -0.327 e. The smallest absolute Gasteiger partial charge is 0.230 e. The lowest BCUT2D eigenvalue weighted by atomic mass is 10.0. The van der Waals surface area contributed by atoms with Gasteiger partial charge in [0.05, 0.1) is 11.6 Å². The van der Waals surface area contributed by atoms with Crippen molar-refractivity contribution in [3.63, 3.8) is 0 Å². The van der Waals surface area contributed by atoms with E-state index in [9.17, 15) is 4.79 Å². The topological polar surface area (TPSA) is 68.0 Å². The second kappa shape index (κ2) is 6.68. The lowest BCUT2D eigenvalue weighted by Crippen LogP contribution is -2.34. The van der Waals surface area contributed by atoms with Crippen LogP contribution < -0.4 is 11.1 Å². The Bertz CT molecular complexity index is 637. The molecule has 0 saturated carbocycles. The number of nitrogens with zero attached hydrogens (tertiary/aromatic N) is 1. The first-order chi connectivity index (χ1) is 9.88. The zero-order valence-electron chi connectivity index (χ0n) is 12.2. The fourth-order valence-electron chi connectivity index (χ4n) is 1.78. The van der Waals surface area contributed by atoms with E-state index in [2.05, 4.69) is 26.2 Å². The Morgan fingerprint density at radius 3 is 2.52 bits per heavy atom. The quantitative estimate of drug-likeness (QED) is 0.863. The van der Waals surface area contributed by atoms with Gasteiger partial charge in [0.15, 0.2) is 5.13 Å². The Kier molecular flexibility index (Phi) is 5.13. The summed E-state index contributed by atoms with van der Waals surface area (Å²) in [6.45, 7) is 5.64. The van der Waals surface area contributed by atoms with Gasteiger partial charge >= 0.3 is 0 Å².